The van der Waals surface area contributed by atoms with Crippen molar-refractivity contribution in [3.05, 3.63) is 42.4 Å². The molecule has 1 amide bonds. The first-order valence-corrected chi connectivity index (χ1v) is 7.29. The molecule has 110 valence electrons. The number of hydrogen-bond acceptors (Lipinski definition) is 4. The molecular weight excluding hydrogens is 266 g/mol. The number of pyridine rings is 1. The zero-order valence-corrected chi connectivity index (χ0v) is 11.8. The maximum Gasteiger partial charge on any atom is 0.269 e. The second kappa shape index (κ2) is 6.49. The lowest BCUT2D eigenvalue weighted by atomic mass is 10.00. The molecule has 21 heavy (non-hydrogen) atoms. The van der Waals surface area contributed by atoms with Gasteiger partial charge in [-0.05, 0) is 50.0 Å². The summed E-state index contributed by atoms with van der Waals surface area (Å²) in [6, 6.07) is 7.20. The summed E-state index contributed by atoms with van der Waals surface area (Å²) in [6.07, 6.45) is 5.82. The minimum Gasteiger partial charge on any atom is -0.350 e. The Morgan fingerprint density at radius 2 is 2.38 bits per heavy atom. The number of piperidine rings is 1. The number of aromatic nitrogens is 3. The first-order chi connectivity index (χ1) is 10.3. The second-order valence-electron chi connectivity index (χ2n) is 5.25. The molecule has 6 nitrogen and oxygen atoms in total. The summed E-state index contributed by atoms with van der Waals surface area (Å²) in [7, 11) is 0. The third kappa shape index (κ3) is 3.46. The van der Waals surface area contributed by atoms with E-state index in [0.717, 1.165) is 19.5 Å². The molecule has 2 aromatic heterocycles. The maximum atomic E-state index is 12.2. The van der Waals surface area contributed by atoms with Crippen LogP contribution in [0.4, 0.5) is 0 Å². The fraction of sp³-hybridized carbons (Fsp3) is 0.400. The lowest BCUT2D eigenvalue weighted by molar-refractivity contribution is 0.0940. The summed E-state index contributed by atoms with van der Waals surface area (Å²) in [5.74, 6) is 1.03. The van der Waals surface area contributed by atoms with Gasteiger partial charge in [0, 0.05) is 18.9 Å². The first-order valence-electron chi connectivity index (χ1n) is 7.29. The van der Waals surface area contributed by atoms with Gasteiger partial charge in [-0.1, -0.05) is 6.07 Å². The predicted molar refractivity (Wildman–Crippen MR) is 79.3 cm³/mol. The number of hydrogen-bond donors (Lipinski definition) is 2. The van der Waals surface area contributed by atoms with Crippen LogP contribution in [-0.4, -0.2) is 40.3 Å². The van der Waals surface area contributed by atoms with Gasteiger partial charge in [0.1, 0.15) is 5.69 Å². The Balaban J connectivity index is 1.63. The van der Waals surface area contributed by atoms with Crippen LogP contribution in [0.1, 0.15) is 23.3 Å². The number of rotatable bonds is 4. The average molecular weight is 285 g/mol. The third-order valence-electron chi connectivity index (χ3n) is 3.66. The van der Waals surface area contributed by atoms with Gasteiger partial charge in [0.05, 0.1) is 0 Å². The summed E-state index contributed by atoms with van der Waals surface area (Å²) < 4.78 is 1.64. The molecule has 1 atom stereocenters. The van der Waals surface area contributed by atoms with Crippen LogP contribution in [0.5, 0.6) is 0 Å². The van der Waals surface area contributed by atoms with E-state index < -0.39 is 0 Å². The van der Waals surface area contributed by atoms with Crippen LogP contribution < -0.4 is 10.6 Å². The second-order valence-corrected chi connectivity index (χ2v) is 5.25. The minimum atomic E-state index is -0.130. The summed E-state index contributed by atoms with van der Waals surface area (Å²) >= 11 is 0. The van der Waals surface area contributed by atoms with E-state index in [4.69, 9.17) is 0 Å². The van der Waals surface area contributed by atoms with Crippen molar-refractivity contribution < 1.29 is 4.79 Å². The van der Waals surface area contributed by atoms with Crippen LogP contribution in [0.3, 0.4) is 0 Å². The molecule has 2 aromatic rings. The normalized spacial score (nSPS) is 18.4. The fourth-order valence-corrected chi connectivity index (χ4v) is 2.51. The molecule has 0 spiro atoms. The molecular formula is C15H19N5O. The monoisotopic (exact) mass is 285 g/mol. The molecule has 0 aliphatic carbocycles. The van der Waals surface area contributed by atoms with E-state index in [1.807, 2.05) is 18.2 Å². The number of amides is 1. The van der Waals surface area contributed by atoms with Crippen molar-refractivity contribution in [1.29, 1.82) is 0 Å². The SMILES string of the molecule is O=C(NCC1CCCNC1)c1cccc(-n2cccn2)n1. The summed E-state index contributed by atoms with van der Waals surface area (Å²) in [5.41, 5.74) is 0.423. The quantitative estimate of drug-likeness (QED) is 0.879. The average Bonchev–Trinajstić information content (AvgIpc) is 3.08. The highest BCUT2D eigenvalue weighted by atomic mass is 16.1. The van der Waals surface area contributed by atoms with Crippen LogP contribution >= 0.6 is 0 Å². The van der Waals surface area contributed by atoms with Crippen LogP contribution in [-0.2, 0) is 0 Å². The van der Waals surface area contributed by atoms with Crippen molar-refractivity contribution >= 4 is 5.91 Å². The van der Waals surface area contributed by atoms with Crippen molar-refractivity contribution in [3.8, 4) is 5.82 Å². The van der Waals surface area contributed by atoms with Crippen molar-refractivity contribution in [2.45, 2.75) is 12.8 Å². The van der Waals surface area contributed by atoms with Gasteiger partial charge in [-0.15, -0.1) is 0 Å². The van der Waals surface area contributed by atoms with E-state index in [-0.39, 0.29) is 5.91 Å². The van der Waals surface area contributed by atoms with Crippen LogP contribution in [0, 0.1) is 5.92 Å². The molecule has 1 fully saturated rings. The van der Waals surface area contributed by atoms with Crippen LogP contribution in [0.15, 0.2) is 36.7 Å². The molecule has 0 aromatic carbocycles. The van der Waals surface area contributed by atoms with Gasteiger partial charge in [0.25, 0.3) is 5.91 Å². The van der Waals surface area contributed by atoms with Crippen molar-refractivity contribution in [2.24, 2.45) is 5.92 Å². The molecule has 1 aliphatic rings. The van der Waals surface area contributed by atoms with Crippen molar-refractivity contribution in [2.75, 3.05) is 19.6 Å². The Morgan fingerprint density at radius 1 is 1.43 bits per heavy atom. The van der Waals surface area contributed by atoms with Gasteiger partial charge >= 0.3 is 0 Å². The van der Waals surface area contributed by atoms with E-state index in [1.165, 1.54) is 6.42 Å². The van der Waals surface area contributed by atoms with Crippen molar-refractivity contribution in [3.63, 3.8) is 0 Å². The van der Waals surface area contributed by atoms with E-state index in [1.54, 1.807) is 23.1 Å². The molecule has 3 heterocycles. The van der Waals surface area contributed by atoms with Gasteiger partial charge < -0.3 is 10.6 Å². The highest BCUT2D eigenvalue weighted by Crippen LogP contribution is 2.09. The van der Waals surface area contributed by atoms with Gasteiger partial charge in [0.2, 0.25) is 0 Å². The molecule has 1 unspecified atom stereocenters. The molecule has 2 N–H and O–H groups in total. The van der Waals surface area contributed by atoms with Gasteiger partial charge in [0.15, 0.2) is 5.82 Å². The van der Waals surface area contributed by atoms with E-state index >= 15 is 0 Å². The highest BCUT2D eigenvalue weighted by Gasteiger charge is 2.15. The topological polar surface area (TPSA) is 71.8 Å². The van der Waals surface area contributed by atoms with Gasteiger partial charge in [-0.2, -0.15) is 5.10 Å². The Hall–Kier alpha value is -2.21. The highest BCUT2D eigenvalue weighted by molar-refractivity contribution is 5.92. The predicted octanol–water partition coefficient (Wildman–Crippen LogP) is 0.997. The number of carbonyl (C=O) groups excluding carboxylic acids is 1. The molecule has 1 saturated heterocycles. The van der Waals surface area contributed by atoms with Crippen LogP contribution in [0.25, 0.3) is 5.82 Å². The standard InChI is InChI=1S/C15H19N5O/c21-15(17-11-12-4-2-7-16-10-12)13-5-1-6-14(19-13)20-9-3-8-18-20/h1,3,5-6,8-9,12,16H,2,4,7,10-11H2,(H,17,21). The van der Waals surface area contributed by atoms with E-state index in [9.17, 15) is 4.79 Å². The number of nitrogens with zero attached hydrogens (tertiary/aromatic N) is 3. The maximum absolute atomic E-state index is 12.2. The Bertz CT molecular complexity index is 590. The summed E-state index contributed by atoms with van der Waals surface area (Å²) in [6.45, 7) is 2.75. The molecule has 3 rings (SSSR count). The fourth-order valence-electron chi connectivity index (χ4n) is 2.51. The van der Waals surface area contributed by atoms with E-state index in [0.29, 0.717) is 24.0 Å². The summed E-state index contributed by atoms with van der Waals surface area (Å²) in [4.78, 5) is 16.5. The first kappa shape index (κ1) is 13.8. The molecule has 1 aliphatic heterocycles. The Kier molecular flexibility index (Phi) is 4.25. The zero-order chi connectivity index (χ0) is 14.5. The molecule has 0 radical (unpaired) electrons. The largest absolute Gasteiger partial charge is 0.350 e. The zero-order valence-electron chi connectivity index (χ0n) is 11.8. The molecule has 0 saturated carbocycles. The minimum absolute atomic E-state index is 0.130. The summed E-state index contributed by atoms with van der Waals surface area (Å²) in [5, 5.41) is 10.4. The smallest absolute Gasteiger partial charge is 0.269 e. The van der Waals surface area contributed by atoms with Gasteiger partial charge in [-0.25, -0.2) is 9.67 Å². The third-order valence-corrected chi connectivity index (χ3v) is 3.66. The lowest BCUT2D eigenvalue weighted by Gasteiger charge is -2.22. The number of nitrogens with one attached hydrogen (secondary N) is 2. The lowest BCUT2D eigenvalue weighted by Crippen LogP contribution is -2.38. The van der Waals surface area contributed by atoms with Gasteiger partial charge in [-0.3, -0.25) is 4.79 Å². The van der Waals surface area contributed by atoms with E-state index in [2.05, 4.69) is 20.7 Å². The number of carbonyl (C=O) groups is 1. The molecule has 0 bridgehead atoms. The molecule has 6 heteroatoms. The Morgan fingerprint density at radius 3 is 3.14 bits per heavy atom. The Labute approximate surface area is 123 Å². The van der Waals surface area contributed by atoms with Crippen molar-refractivity contribution in [1.82, 2.24) is 25.4 Å². The van der Waals surface area contributed by atoms with Crippen LogP contribution in [0.2, 0.25) is 0 Å².